The van der Waals surface area contributed by atoms with Crippen LogP contribution in [0.1, 0.15) is 24.8 Å². The first-order chi connectivity index (χ1) is 10.1. The third kappa shape index (κ3) is 3.45. The van der Waals surface area contributed by atoms with Gasteiger partial charge in [-0.25, -0.2) is 0 Å². The molecule has 0 bridgehead atoms. The van der Waals surface area contributed by atoms with Crippen LogP contribution in [0.25, 0.3) is 0 Å². The number of carbonyl (C=O) groups is 1. The molecule has 114 valence electrons. The normalized spacial score (nSPS) is 15.9. The number of amides is 1. The molecule has 0 aromatic heterocycles. The van der Waals surface area contributed by atoms with Gasteiger partial charge in [0, 0.05) is 20.1 Å². The maximum absolute atomic E-state index is 12.5. The van der Waals surface area contributed by atoms with Crippen LogP contribution >= 0.6 is 0 Å². The molecule has 2 N–H and O–H groups in total. The van der Waals surface area contributed by atoms with E-state index < -0.39 is 0 Å². The number of benzene rings is 1. The summed E-state index contributed by atoms with van der Waals surface area (Å²) in [6, 6.07) is 7.80. The minimum atomic E-state index is -0.304. The Kier molecular flexibility index (Phi) is 5.02. The summed E-state index contributed by atoms with van der Waals surface area (Å²) in [6.07, 6.45) is 4.65. The lowest BCUT2D eigenvalue weighted by atomic mass is 9.68. The van der Waals surface area contributed by atoms with E-state index in [2.05, 4.69) is 6.58 Å². The van der Waals surface area contributed by atoms with Crippen LogP contribution in [0.4, 0.5) is 0 Å². The van der Waals surface area contributed by atoms with Gasteiger partial charge in [0.05, 0.1) is 5.41 Å². The molecule has 0 radical (unpaired) electrons. The first kappa shape index (κ1) is 15.6. The molecule has 1 aliphatic carbocycles. The zero-order valence-corrected chi connectivity index (χ0v) is 12.7. The van der Waals surface area contributed by atoms with Gasteiger partial charge in [-0.1, -0.05) is 31.2 Å². The van der Waals surface area contributed by atoms with Crippen LogP contribution in [-0.4, -0.2) is 31.0 Å². The van der Waals surface area contributed by atoms with E-state index in [1.807, 2.05) is 31.3 Å². The lowest BCUT2D eigenvalue weighted by molar-refractivity contribution is -0.145. The summed E-state index contributed by atoms with van der Waals surface area (Å²) < 4.78 is 5.45. The highest BCUT2D eigenvalue weighted by Gasteiger charge is 2.44. The number of nitrogens with zero attached hydrogens (tertiary/aromatic N) is 1. The van der Waals surface area contributed by atoms with Crippen LogP contribution in [-0.2, 0) is 11.3 Å². The van der Waals surface area contributed by atoms with E-state index in [0.717, 1.165) is 30.6 Å². The Balaban J connectivity index is 1.94. The number of nitrogens with two attached hydrogens (primary N) is 1. The van der Waals surface area contributed by atoms with Crippen molar-refractivity contribution in [3.8, 4) is 5.75 Å². The van der Waals surface area contributed by atoms with Gasteiger partial charge in [-0.2, -0.15) is 0 Å². The van der Waals surface area contributed by atoms with Crippen molar-refractivity contribution in [1.29, 1.82) is 0 Å². The van der Waals surface area contributed by atoms with E-state index in [9.17, 15) is 4.79 Å². The predicted octanol–water partition coefficient (Wildman–Crippen LogP) is 2.34. The number of hydrogen-bond donors (Lipinski definition) is 1. The van der Waals surface area contributed by atoms with Crippen molar-refractivity contribution in [2.45, 2.75) is 25.8 Å². The molecular formula is C17H24N2O2. The van der Waals surface area contributed by atoms with Crippen LogP contribution in [0.2, 0.25) is 0 Å². The summed E-state index contributed by atoms with van der Waals surface area (Å²) in [5.41, 5.74) is 6.58. The molecule has 0 spiro atoms. The predicted molar refractivity (Wildman–Crippen MR) is 83.9 cm³/mol. The van der Waals surface area contributed by atoms with Gasteiger partial charge in [0.15, 0.2) is 0 Å². The Labute approximate surface area is 126 Å². The summed E-state index contributed by atoms with van der Waals surface area (Å²) in [6.45, 7) is 5.16. The Morgan fingerprint density at radius 1 is 1.43 bits per heavy atom. The highest BCUT2D eigenvalue weighted by molar-refractivity contribution is 5.83. The van der Waals surface area contributed by atoms with Crippen molar-refractivity contribution in [1.82, 2.24) is 4.90 Å². The van der Waals surface area contributed by atoms with Crippen LogP contribution < -0.4 is 10.5 Å². The van der Waals surface area contributed by atoms with Gasteiger partial charge >= 0.3 is 0 Å². The van der Waals surface area contributed by atoms with Gasteiger partial charge in [-0.3, -0.25) is 4.79 Å². The quantitative estimate of drug-likeness (QED) is 0.784. The molecule has 1 saturated carbocycles. The molecular weight excluding hydrogens is 264 g/mol. The Bertz CT molecular complexity index is 487. The van der Waals surface area contributed by atoms with E-state index in [1.54, 1.807) is 11.0 Å². The van der Waals surface area contributed by atoms with Gasteiger partial charge in [0.25, 0.3) is 0 Å². The van der Waals surface area contributed by atoms with Crippen molar-refractivity contribution in [2.24, 2.45) is 11.1 Å². The topological polar surface area (TPSA) is 55.6 Å². The van der Waals surface area contributed by atoms with Crippen LogP contribution in [0.5, 0.6) is 5.75 Å². The average molecular weight is 288 g/mol. The van der Waals surface area contributed by atoms with E-state index in [0.29, 0.717) is 19.7 Å². The molecule has 0 saturated heterocycles. The number of hydrogen-bond acceptors (Lipinski definition) is 3. The molecule has 1 aromatic rings. The van der Waals surface area contributed by atoms with Crippen molar-refractivity contribution in [3.05, 3.63) is 42.5 Å². The van der Waals surface area contributed by atoms with E-state index in [4.69, 9.17) is 10.5 Å². The molecule has 4 heteroatoms. The number of rotatable bonds is 7. The first-order valence-corrected chi connectivity index (χ1v) is 7.39. The minimum Gasteiger partial charge on any atom is -0.490 e. The maximum Gasteiger partial charge on any atom is 0.230 e. The Hall–Kier alpha value is -1.81. The third-order valence-corrected chi connectivity index (χ3v) is 4.21. The molecule has 4 nitrogen and oxygen atoms in total. The first-order valence-electron chi connectivity index (χ1n) is 7.39. The zero-order valence-electron chi connectivity index (χ0n) is 12.7. The summed E-state index contributed by atoms with van der Waals surface area (Å²) >= 11 is 0. The van der Waals surface area contributed by atoms with Crippen LogP contribution in [0, 0.1) is 5.41 Å². The van der Waals surface area contributed by atoms with Gasteiger partial charge in [0.1, 0.15) is 12.4 Å². The van der Waals surface area contributed by atoms with Gasteiger partial charge < -0.3 is 15.4 Å². The molecule has 2 rings (SSSR count). The molecule has 1 fully saturated rings. The zero-order chi connectivity index (χ0) is 15.3. The fraction of sp³-hybridized carbons (Fsp3) is 0.471. The van der Waals surface area contributed by atoms with Crippen LogP contribution in [0.15, 0.2) is 36.9 Å². The van der Waals surface area contributed by atoms with Gasteiger partial charge in [-0.15, -0.1) is 0 Å². The molecule has 0 atom stereocenters. The highest BCUT2D eigenvalue weighted by Crippen LogP contribution is 2.41. The van der Waals surface area contributed by atoms with Crippen molar-refractivity contribution in [2.75, 3.05) is 20.2 Å². The highest BCUT2D eigenvalue weighted by atomic mass is 16.5. The van der Waals surface area contributed by atoms with Gasteiger partial charge in [0.2, 0.25) is 5.91 Å². The minimum absolute atomic E-state index is 0.170. The molecule has 1 amide bonds. The summed E-state index contributed by atoms with van der Waals surface area (Å²) in [4.78, 5) is 14.3. The number of ether oxygens (including phenoxy) is 1. The second-order valence-electron chi connectivity index (χ2n) is 5.74. The second kappa shape index (κ2) is 6.76. The van der Waals surface area contributed by atoms with E-state index in [-0.39, 0.29) is 11.3 Å². The SMILES string of the molecule is C=CCOc1ccc(CN(C)C(=O)C2(CN)CCC2)cc1. The summed E-state index contributed by atoms with van der Waals surface area (Å²) in [5.74, 6) is 0.980. The van der Waals surface area contributed by atoms with Crippen molar-refractivity contribution in [3.63, 3.8) is 0 Å². The average Bonchev–Trinajstić information content (AvgIpc) is 2.46. The monoisotopic (exact) mass is 288 g/mol. The molecule has 21 heavy (non-hydrogen) atoms. The van der Waals surface area contributed by atoms with Crippen molar-refractivity contribution >= 4 is 5.91 Å². The standard InChI is InChI=1S/C17H24N2O2/c1-3-11-21-15-7-5-14(6-8-15)12-19(2)16(20)17(13-18)9-4-10-17/h3,5-8H,1,4,9-13,18H2,2H3. The molecule has 1 aliphatic rings. The lowest BCUT2D eigenvalue weighted by Crippen LogP contribution is -2.50. The van der Waals surface area contributed by atoms with E-state index in [1.165, 1.54) is 0 Å². The second-order valence-corrected chi connectivity index (χ2v) is 5.74. The Morgan fingerprint density at radius 3 is 2.57 bits per heavy atom. The smallest absolute Gasteiger partial charge is 0.230 e. The summed E-state index contributed by atoms with van der Waals surface area (Å²) in [7, 11) is 1.85. The summed E-state index contributed by atoms with van der Waals surface area (Å²) in [5, 5.41) is 0. The Morgan fingerprint density at radius 2 is 2.10 bits per heavy atom. The molecule has 1 aromatic carbocycles. The molecule has 0 unspecified atom stereocenters. The fourth-order valence-corrected chi connectivity index (χ4v) is 2.71. The molecule has 0 aliphatic heterocycles. The lowest BCUT2D eigenvalue weighted by Gasteiger charge is -2.41. The van der Waals surface area contributed by atoms with Crippen LogP contribution in [0.3, 0.4) is 0 Å². The number of carbonyl (C=O) groups excluding carboxylic acids is 1. The van der Waals surface area contributed by atoms with Crippen molar-refractivity contribution < 1.29 is 9.53 Å². The fourth-order valence-electron chi connectivity index (χ4n) is 2.71. The molecule has 0 heterocycles. The maximum atomic E-state index is 12.5. The third-order valence-electron chi connectivity index (χ3n) is 4.21. The largest absolute Gasteiger partial charge is 0.490 e. The van der Waals surface area contributed by atoms with Gasteiger partial charge in [-0.05, 0) is 30.5 Å². The van der Waals surface area contributed by atoms with E-state index >= 15 is 0 Å².